The zero-order valence-corrected chi connectivity index (χ0v) is 30.1. The van der Waals surface area contributed by atoms with Crippen molar-refractivity contribution in [3.63, 3.8) is 0 Å². The van der Waals surface area contributed by atoms with Crippen molar-refractivity contribution in [1.29, 1.82) is 0 Å². The molecule has 0 radical (unpaired) electrons. The molecular weight excluding hydrogens is 549 g/mol. The van der Waals surface area contributed by atoms with Gasteiger partial charge in [-0.3, -0.25) is 0 Å². The molecule has 3 aromatic carbocycles. The van der Waals surface area contributed by atoms with Crippen molar-refractivity contribution in [2.75, 3.05) is 6.61 Å². The largest absolute Gasteiger partial charge is 0.493 e. The molecule has 0 spiro atoms. The van der Waals surface area contributed by atoms with Crippen LogP contribution in [-0.4, -0.2) is 6.61 Å². The first-order valence-electron chi connectivity index (χ1n) is 15.7. The van der Waals surface area contributed by atoms with Crippen LogP contribution in [0.2, 0.25) is 0 Å². The lowest BCUT2D eigenvalue weighted by Crippen LogP contribution is -2.15. The van der Waals surface area contributed by atoms with E-state index in [1.165, 1.54) is 61.2 Å². The molecule has 1 nitrogen and oxygen atoms in total. The van der Waals surface area contributed by atoms with Crippen molar-refractivity contribution in [3.8, 4) is 5.75 Å². The van der Waals surface area contributed by atoms with Gasteiger partial charge >= 0.3 is 0 Å². The third-order valence-corrected chi connectivity index (χ3v) is 10.8. The third kappa shape index (κ3) is 7.62. The zero-order chi connectivity index (χ0) is 31.0. The number of ether oxygens (including phenoxy) is 1. The Morgan fingerprint density at radius 3 is 1.17 bits per heavy atom. The molecule has 0 saturated heterocycles. The van der Waals surface area contributed by atoms with Gasteiger partial charge in [0.2, 0.25) is 0 Å². The molecule has 0 N–H and O–H groups in total. The molecule has 0 unspecified atom stereocenters. The number of rotatable bonds is 2. The van der Waals surface area contributed by atoms with Crippen LogP contribution in [0.15, 0.2) is 36.4 Å². The normalized spacial score (nSPS) is 15.0. The molecule has 0 amide bonds. The first-order valence-corrected chi connectivity index (χ1v) is 18.0. The highest BCUT2D eigenvalue weighted by molar-refractivity contribution is 7.98. The minimum atomic E-state index is 0.0868. The molecule has 228 valence electrons. The second kappa shape index (κ2) is 12.6. The molecule has 1 aliphatic rings. The molecular formula is C39H54OS2. The van der Waals surface area contributed by atoms with E-state index < -0.39 is 0 Å². The van der Waals surface area contributed by atoms with Crippen LogP contribution in [0.4, 0.5) is 0 Å². The lowest BCUT2D eigenvalue weighted by Gasteiger charge is -2.26. The Labute approximate surface area is 266 Å². The molecule has 3 heteroatoms. The fourth-order valence-electron chi connectivity index (χ4n) is 5.69. The maximum absolute atomic E-state index is 6.42. The summed E-state index contributed by atoms with van der Waals surface area (Å²) in [6, 6.07) is 14.8. The van der Waals surface area contributed by atoms with Gasteiger partial charge in [-0.1, -0.05) is 98.7 Å². The van der Waals surface area contributed by atoms with Gasteiger partial charge in [-0.15, -0.1) is 0 Å². The fourth-order valence-corrected chi connectivity index (χ4v) is 7.80. The Morgan fingerprint density at radius 2 is 0.833 bits per heavy atom. The van der Waals surface area contributed by atoms with Crippen LogP contribution < -0.4 is 4.74 Å². The van der Waals surface area contributed by atoms with Crippen LogP contribution in [0.1, 0.15) is 130 Å². The second-order valence-electron chi connectivity index (χ2n) is 15.3. The molecule has 42 heavy (non-hydrogen) atoms. The second-order valence-corrected chi connectivity index (χ2v) is 17.3. The summed E-state index contributed by atoms with van der Waals surface area (Å²) >= 11 is 4.06. The highest BCUT2D eigenvalue weighted by Crippen LogP contribution is 2.39. The van der Waals surface area contributed by atoms with Crippen LogP contribution in [0.5, 0.6) is 5.75 Å². The zero-order valence-electron chi connectivity index (χ0n) is 28.4. The van der Waals surface area contributed by atoms with Crippen LogP contribution in [0.3, 0.4) is 0 Å². The van der Waals surface area contributed by atoms with Crippen molar-refractivity contribution in [2.45, 2.75) is 129 Å². The van der Waals surface area contributed by atoms with Crippen LogP contribution in [0.25, 0.3) is 0 Å². The maximum Gasteiger partial charge on any atom is 0.127 e. The maximum atomic E-state index is 6.42. The summed E-state index contributed by atoms with van der Waals surface area (Å²) in [6.07, 6.45) is 0.989. The van der Waals surface area contributed by atoms with E-state index in [9.17, 15) is 0 Å². The van der Waals surface area contributed by atoms with Crippen molar-refractivity contribution < 1.29 is 4.74 Å². The minimum Gasteiger partial charge on any atom is -0.493 e. The Hall–Kier alpha value is -1.84. The quantitative estimate of drug-likeness (QED) is 0.289. The summed E-state index contributed by atoms with van der Waals surface area (Å²) in [5, 5.41) is 0. The van der Waals surface area contributed by atoms with Gasteiger partial charge in [-0.05, 0) is 93.5 Å². The van der Waals surface area contributed by atoms with Gasteiger partial charge in [0, 0.05) is 34.1 Å². The molecule has 0 atom stereocenters. The monoisotopic (exact) mass is 602 g/mol. The highest BCUT2D eigenvalue weighted by Gasteiger charge is 2.23. The Kier molecular flexibility index (Phi) is 9.95. The lowest BCUT2D eigenvalue weighted by atomic mass is 9.80. The van der Waals surface area contributed by atoms with Gasteiger partial charge in [-0.25, -0.2) is 0 Å². The van der Waals surface area contributed by atoms with E-state index in [1.807, 2.05) is 23.5 Å². The summed E-state index contributed by atoms with van der Waals surface area (Å²) in [4.78, 5) is 0. The van der Waals surface area contributed by atoms with Crippen molar-refractivity contribution in [1.82, 2.24) is 0 Å². The topological polar surface area (TPSA) is 9.23 Å². The van der Waals surface area contributed by atoms with Gasteiger partial charge in [0.05, 0.1) is 6.61 Å². The number of benzene rings is 3. The highest BCUT2D eigenvalue weighted by atomic mass is 32.2. The summed E-state index contributed by atoms with van der Waals surface area (Å²) in [6.45, 7) is 28.6. The molecule has 0 saturated carbocycles. The molecule has 4 rings (SSSR count). The van der Waals surface area contributed by atoms with Crippen molar-refractivity contribution in [2.24, 2.45) is 0 Å². The molecule has 1 aliphatic heterocycles. The van der Waals surface area contributed by atoms with E-state index >= 15 is 0 Å². The fraction of sp³-hybridized carbons (Fsp3) is 0.538. The Balaban J connectivity index is 1.94. The summed E-state index contributed by atoms with van der Waals surface area (Å²) in [5.74, 6) is 5.03. The van der Waals surface area contributed by atoms with Gasteiger partial charge in [0.15, 0.2) is 0 Å². The van der Waals surface area contributed by atoms with Crippen molar-refractivity contribution >= 4 is 23.5 Å². The Bertz CT molecular complexity index is 1330. The number of hydrogen-bond acceptors (Lipinski definition) is 3. The predicted octanol–water partition coefficient (Wildman–Crippen LogP) is 11.4. The first-order chi connectivity index (χ1) is 19.5. The minimum absolute atomic E-state index is 0.0868. The van der Waals surface area contributed by atoms with E-state index in [1.54, 1.807) is 0 Å². The number of fused-ring (bicyclic) bond motifs is 6. The van der Waals surface area contributed by atoms with E-state index in [-0.39, 0.29) is 16.2 Å². The van der Waals surface area contributed by atoms with Gasteiger partial charge < -0.3 is 4.74 Å². The van der Waals surface area contributed by atoms with Crippen LogP contribution in [-0.2, 0) is 45.7 Å². The predicted molar refractivity (Wildman–Crippen MR) is 189 cm³/mol. The standard InChI is InChI=1S/C39H54OS2/c1-13-40-36-31-19-35(39(10,11)12)20-32(36)24-42-22-30-18-34(38(7,8)9)16-28(26(30)3)14-27-15-33(37(4,5)6)17-29(25(27)2)21-41-23-31/h15-20H,13-14,21-24H2,1-12H3. The average Bonchev–Trinajstić information content (AvgIpc) is 2.87. The molecule has 6 bridgehead atoms. The van der Waals surface area contributed by atoms with E-state index in [2.05, 4.69) is 119 Å². The molecule has 1 heterocycles. The molecule has 0 aromatic heterocycles. The number of hydrogen-bond donors (Lipinski definition) is 0. The van der Waals surface area contributed by atoms with Crippen LogP contribution in [0, 0.1) is 13.8 Å². The molecule has 3 aromatic rings. The Morgan fingerprint density at radius 1 is 0.524 bits per heavy atom. The average molecular weight is 603 g/mol. The smallest absolute Gasteiger partial charge is 0.127 e. The van der Waals surface area contributed by atoms with E-state index in [0.29, 0.717) is 6.61 Å². The number of thioether (sulfide) groups is 2. The van der Waals surface area contributed by atoms with E-state index in [4.69, 9.17) is 4.74 Å². The van der Waals surface area contributed by atoms with Gasteiger partial charge in [0.1, 0.15) is 5.75 Å². The van der Waals surface area contributed by atoms with Crippen LogP contribution >= 0.6 is 23.5 Å². The lowest BCUT2D eigenvalue weighted by molar-refractivity contribution is 0.334. The molecule has 0 aliphatic carbocycles. The van der Waals surface area contributed by atoms with Crippen molar-refractivity contribution in [3.05, 3.63) is 97.6 Å². The van der Waals surface area contributed by atoms with E-state index in [0.717, 1.165) is 35.2 Å². The van der Waals surface area contributed by atoms with Gasteiger partial charge in [0.25, 0.3) is 0 Å². The summed E-state index contributed by atoms with van der Waals surface area (Å²) in [7, 11) is 0. The SMILES string of the molecule is CCOc1c2cc(C(C)(C)C)cc1CSCc1cc(C(C)(C)C)cc(c1C)Cc1cc(C(C)(C)C)cc(c1C)CSC2. The summed E-state index contributed by atoms with van der Waals surface area (Å²) < 4.78 is 6.42. The third-order valence-electron chi connectivity index (χ3n) is 8.79. The van der Waals surface area contributed by atoms with Gasteiger partial charge in [-0.2, -0.15) is 23.5 Å². The molecule has 0 fully saturated rings. The first kappa shape index (κ1) is 33.1. The summed E-state index contributed by atoms with van der Waals surface area (Å²) in [5.41, 5.74) is 16.1.